The van der Waals surface area contributed by atoms with Crippen LogP contribution >= 0.6 is 0 Å². The number of nitrogens with two attached hydrogens (primary N) is 1. The Hall–Kier alpha value is -2.84. The van der Waals surface area contributed by atoms with Gasteiger partial charge in [-0.25, -0.2) is 5.84 Å². The van der Waals surface area contributed by atoms with E-state index in [0.29, 0.717) is 17.7 Å². The molecule has 0 aliphatic heterocycles. The molecule has 2 aromatic rings. The Labute approximate surface area is 123 Å². The summed E-state index contributed by atoms with van der Waals surface area (Å²) in [6.07, 6.45) is 0. The van der Waals surface area contributed by atoms with Gasteiger partial charge in [0.25, 0.3) is 5.91 Å². The number of carbonyl (C=O) groups excluding carboxylic acids is 1. The number of nitrogen functional groups attached to an aromatic ring is 1. The number of nitriles is 1. The lowest BCUT2D eigenvalue weighted by molar-refractivity contribution is 0.0953. The van der Waals surface area contributed by atoms with E-state index in [9.17, 15) is 4.79 Å². The average Bonchev–Trinajstić information content (AvgIpc) is 2.54. The van der Waals surface area contributed by atoms with E-state index in [-0.39, 0.29) is 5.91 Å². The molecule has 0 atom stereocenters. The first-order valence-corrected chi connectivity index (χ1v) is 6.45. The van der Waals surface area contributed by atoms with Crippen LogP contribution in [0.15, 0.2) is 48.5 Å². The van der Waals surface area contributed by atoms with E-state index in [1.807, 2.05) is 42.3 Å². The molecule has 3 N–H and O–H groups in total. The molecular weight excluding hydrogens is 264 g/mol. The SMILES string of the molecule is CN(Cc1ccc(C(=O)NN)cc1)c1cccc(C#N)c1. The van der Waals surface area contributed by atoms with Crippen LogP contribution in [0.5, 0.6) is 0 Å². The number of nitrogens with one attached hydrogen (secondary N) is 1. The lowest BCUT2D eigenvalue weighted by atomic mass is 10.1. The second-order valence-electron chi connectivity index (χ2n) is 4.69. The van der Waals surface area contributed by atoms with Gasteiger partial charge in [0, 0.05) is 24.8 Å². The van der Waals surface area contributed by atoms with Gasteiger partial charge in [-0.2, -0.15) is 5.26 Å². The van der Waals surface area contributed by atoms with E-state index in [4.69, 9.17) is 11.1 Å². The summed E-state index contributed by atoms with van der Waals surface area (Å²) in [7, 11) is 1.96. The molecule has 0 heterocycles. The molecule has 0 aromatic heterocycles. The quantitative estimate of drug-likeness (QED) is 0.508. The number of amides is 1. The highest BCUT2D eigenvalue weighted by Crippen LogP contribution is 2.17. The highest BCUT2D eigenvalue weighted by atomic mass is 16.2. The topological polar surface area (TPSA) is 82.2 Å². The maximum Gasteiger partial charge on any atom is 0.265 e. The first-order chi connectivity index (χ1) is 10.1. The fraction of sp³-hybridized carbons (Fsp3) is 0.125. The van der Waals surface area contributed by atoms with E-state index in [2.05, 4.69) is 11.5 Å². The minimum Gasteiger partial charge on any atom is -0.370 e. The van der Waals surface area contributed by atoms with Crippen molar-refractivity contribution in [1.29, 1.82) is 5.26 Å². The zero-order chi connectivity index (χ0) is 15.2. The molecule has 0 aliphatic carbocycles. The highest BCUT2D eigenvalue weighted by molar-refractivity contribution is 5.93. The fourth-order valence-electron chi connectivity index (χ4n) is 2.02. The van der Waals surface area contributed by atoms with E-state index >= 15 is 0 Å². The second-order valence-corrected chi connectivity index (χ2v) is 4.69. The van der Waals surface area contributed by atoms with Crippen LogP contribution in [0, 0.1) is 11.3 Å². The minimum atomic E-state index is -0.309. The van der Waals surface area contributed by atoms with Gasteiger partial charge in [-0.1, -0.05) is 18.2 Å². The molecule has 5 heteroatoms. The summed E-state index contributed by atoms with van der Waals surface area (Å²) in [5, 5.41) is 8.92. The molecule has 5 nitrogen and oxygen atoms in total. The van der Waals surface area contributed by atoms with Crippen LogP contribution in [-0.4, -0.2) is 13.0 Å². The molecule has 2 rings (SSSR count). The molecule has 0 radical (unpaired) electrons. The van der Waals surface area contributed by atoms with Gasteiger partial charge in [-0.3, -0.25) is 10.2 Å². The smallest absolute Gasteiger partial charge is 0.265 e. The van der Waals surface area contributed by atoms with Crippen LogP contribution in [0.4, 0.5) is 5.69 Å². The zero-order valence-electron chi connectivity index (χ0n) is 11.7. The van der Waals surface area contributed by atoms with Crippen molar-refractivity contribution in [3.8, 4) is 6.07 Å². The lowest BCUT2D eigenvalue weighted by Gasteiger charge is -2.19. The van der Waals surface area contributed by atoms with Crippen LogP contribution in [0.1, 0.15) is 21.5 Å². The molecule has 0 saturated carbocycles. The van der Waals surface area contributed by atoms with Gasteiger partial charge in [0.05, 0.1) is 11.6 Å². The number of hydrogen-bond acceptors (Lipinski definition) is 4. The van der Waals surface area contributed by atoms with E-state index < -0.39 is 0 Å². The molecular formula is C16H16N4O. The van der Waals surface area contributed by atoms with Crippen molar-refractivity contribution in [3.05, 3.63) is 65.2 Å². The third kappa shape index (κ3) is 3.59. The normalized spacial score (nSPS) is 9.76. The Morgan fingerprint density at radius 3 is 2.62 bits per heavy atom. The second kappa shape index (κ2) is 6.55. The Kier molecular flexibility index (Phi) is 4.54. The van der Waals surface area contributed by atoms with Crippen LogP contribution in [-0.2, 0) is 6.54 Å². The predicted molar refractivity (Wildman–Crippen MR) is 81.4 cm³/mol. The minimum absolute atomic E-state index is 0.309. The predicted octanol–water partition coefficient (Wildman–Crippen LogP) is 1.80. The van der Waals surface area contributed by atoms with Gasteiger partial charge in [-0.05, 0) is 35.9 Å². The summed E-state index contributed by atoms with van der Waals surface area (Å²) in [6, 6.07) is 16.8. The molecule has 0 saturated heterocycles. The summed E-state index contributed by atoms with van der Waals surface area (Å²) in [6.45, 7) is 0.680. The first kappa shape index (κ1) is 14.6. The van der Waals surface area contributed by atoms with Gasteiger partial charge in [0.2, 0.25) is 0 Å². The van der Waals surface area contributed by atoms with E-state index in [1.54, 1.807) is 18.2 Å². The van der Waals surface area contributed by atoms with Crippen molar-refractivity contribution >= 4 is 11.6 Å². The van der Waals surface area contributed by atoms with Crippen molar-refractivity contribution in [2.24, 2.45) is 5.84 Å². The van der Waals surface area contributed by atoms with Gasteiger partial charge in [-0.15, -0.1) is 0 Å². The number of benzene rings is 2. The Morgan fingerprint density at radius 1 is 1.29 bits per heavy atom. The molecule has 106 valence electrons. The summed E-state index contributed by atoms with van der Waals surface area (Å²) >= 11 is 0. The largest absolute Gasteiger partial charge is 0.370 e. The number of hydrogen-bond donors (Lipinski definition) is 2. The van der Waals surface area contributed by atoms with Crippen molar-refractivity contribution in [3.63, 3.8) is 0 Å². The van der Waals surface area contributed by atoms with E-state index in [0.717, 1.165) is 11.3 Å². The van der Waals surface area contributed by atoms with Crippen LogP contribution in [0.3, 0.4) is 0 Å². The maximum atomic E-state index is 11.4. The van der Waals surface area contributed by atoms with Gasteiger partial charge >= 0.3 is 0 Å². The molecule has 0 fully saturated rings. The average molecular weight is 280 g/mol. The zero-order valence-corrected chi connectivity index (χ0v) is 11.7. The molecule has 2 aromatic carbocycles. The number of hydrazine groups is 1. The lowest BCUT2D eigenvalue weighted by Crippen LogP contribution is -2.29. The van der Waals surface area contributed by atoms with Crippen LogP contribution in [0.25, 0.3) is 0 Å². The molecule has 0 unspecified atom stereocenters. The third-order valence-electron chi connectivity index (χ3n) is 3.18. The van der Waals surface area contributed by atoms with Gasteiger partial charge < -0.3 is 4.90 Å². The standard InChI is InChI=1S/C16H16N4O/c1-20(15-4-2-3-13(9-15)10-17)11-12-5-7-14(8-6-12)16(21)19-18/h2-9H,11,18H2,1H3,(H,19,21). The third-order valence-corrected chi connectivity index (χ3v) is 3.18. The summed E-state index contributed by atoms with van der Waals surface area (Å²) in [4.78, 5) is 13.4. The number of carbonyl (C=O) groups is 1. The van der Waals surface area contributed by atoms with Crippen LogP contribution in [0.2, 0.25) is 0 Å². The molecule has 0 bridgehead atoms. The Morgan fingerprint density at radius 2 is 2.00 bits per heavy atom. The number of rotatable bonds is 4. The summed E-state index contributed by atoms with van der Waals surface area (Å²) in [5.74, 6) is 4.78. The molecule has 21 heavy (non-hydrogen) atoms. The Bertz CT molecular complexity index is 673. The van der Waals surface area contributed by atoms with Crippen LogP contribution < -0.4 is 16.2 Å². The maximum absolute atomic E-state index is 11.4. The van der Waals surface area contributed by atoms with Crippen molar-refractivity contribution in [2.45, 2.75) is 6.54 Å². The van der Waals surface area contributed by atoms with Crippen molar-refractivity contribution in [2.75, 3.05) is 11.9 Å². The Balaban J connectivity index is 2.10. The monoisotopic (exact) mass is 280 g/mol. The molecule has 1 amide bonds. The first-order valence-electron chi connectivity index (χ1n) is 6.45. The summed E-state index contributed by atoms with van der Waals surface area (Å²) < 4.78 is 0. The van der Waals surface area contributed by atoms with Gasteiger partial charge in [0.15, 0.2) is 0 Å². The summed E-state index contributed by atoms with van der Waals surface area (Å²) in [5.41, 5.74) is 5.29. The molecule has 0 aliphatic rings. The van der Waals surface area contributed by atoms with E-state index in [1.165, 1.54) is 0 Å². The fourth-order valence-corrected chi connectivity index (χ4v) is 2.02. The number of nitrogens with zero attached hydrogens (tertiary/aromatic N) is 2. The van der Waals surface area contributed by atoms with Crippen molar-refractivity contribution < 1.29 is 4.79 Å². The van der Waals surface area contributed by atoms with Gasteiger partial charge in [0.1, 0.15) is 0 Å². The van der Waals surface area contributed by atoms with Crippen molar-refractivity contribution in [1.82, 2.24) is 5.43 Å². The molecule has 0 spiro atoms. The highest BCUT2D eigenvalue weighted by Gasteiger charge is 2.06. The number of anilines is 1.